The lowest BCUT2D eigenvalue weighted by molar-refractivity contribution is -0.140. The van der Waals surface area contributed by atoms with Gasteiger partial charge in [-0.3, -0.25) is 9.59 Å². The second kappa shape index (κ2) is 7.70. The number of benzene rings is 2. The first-order chi connectivity index (χ1) is 12.1. The lowest BCUT2D eigenvalue weighted by atomic mass is 10.1. The zero-order valence-corrected chi connectivity index (χ0v) is 14.3. The largest absolute Gasteiger partial charge is 0.481 e. The van der Waals surface area contributed by atoms with Crippen molar-refractivity contribution in [2.45, 2.75) is 23.5 Å². The summed E-state index contributed by atoms with van der Waals surface area (Å²) in [4.78, 5) is 25.3. The molecule has 1 aliphatic rings. The molecule has 1 saturated heterocycles. The van der Waals surface area contributed by atoms with E-state index in [0.717, 1.165) is 5.56 Å². The minimum Gasteiger partial charge on any atom is -0.481 e. The van der Waals surface area contributed by atoms with Gasteiger partial charge in [0.05, 0.1) is 11.7 Å². The number of rotatable bonds is 6. The van der Waals surface area contributed by atoms with Gasteiger partial charge >= 0.3 is 5.97 Å². The Hall–Kier alpha value is -2.34. The Balaban J connectivity index is 1.83. The molecule has 2 aromatic carbocycles. The second-order valence-corrected chi connectivity index (χ2v) is 7.15. The topological polar surface area (TPSA) is 57.6 Å². The molecule has 2 unspecified atom stereocenters. The fourth-order valence-corrected chi connectivity index (χ4v) is 4.42. The summed E-state index contributed by atoms with van der Waals surface area (Å²) < 4.78 is 14.2. The highest BCUT2D eigenvalue weighted by molar-refractivity contribution is 8.01. The van der Waals surface area contributed by atoms with E-state index in [-0.39, 0.29) is 18.1 Å². The number of carbonyl (C=O) groups excluding carboxylic acids is 1. The Morgan fingerprint density at radius 2 is 1.80 bits per heavy atom. The van der Waals surface area contributed by atoms with Crippen molar-refractivity contribution in [3.8, 4) is 0 Å². The van der Waals surface area contributed by atoms with E-state index in [2.05, 4.69) is 0 Å². The molecule has 1 heterocycles. The maximum atomic E-state index is 14.2. The van der Waals surface area contributed by atoms with Gasteiger partial charge in [-0.15, -0.1) is 11.8 Å². The maximum absolute atomic E-state index is 14.2. The lowest BCUT2D eigenvalue weighted by Gasteiger charge is -2.24. The van der Waals surface area contributed by atoms with E-state index < -0.39 is 16.6 Å². The predicted octanol–water partition coefficient (Wildman–Crippen LogP) is 3.49. The van der Waals surface area contributed by atoms with Crippen molar-refractivity contribution in [1.82, 2.24) is 4.90 Å². The average molecular weight is 359 g/mol. The third-order valence-electron chi connectivity index (χ3n) is 4.15. The molecular formula is C19H18FNO3S. The van der Waals surface area contributed by atoms with Crippen molar-refractivity contribution in [3.63, 3.8) is 0 Å². The summed E-state index contributed by atoms with van der Waals surface area (Å²) in [6, 6.07) is 16.1. The van der Waals surface area contributed by atoms with Gasteiger partial charge in [0, 0.05) is 12.1 Å². The summed E-state index contributed by atoms with van der Waals surface area (Å²) in [6.07, 6.45) is 0.383. The SMILES string of the molecule is O=C(O)CC1SC(c2ccccc2F)N(CCc2ccccc2)C1=O. The van der Waals surface area contributed by atoms with Crippen LogP contribution >= 0.6 is 11.8 Å². The van der Waals surface area contributed by atoms with Gasteiger partial charge in [-0.2, -0.15) is 0 Å². The first kappa shape index (κ1) is 17.5. The van der Waals surface area contributed by atoms with Crippen molar-refractivity contribution in [3.05, 3.63) is 71.5 Å². The van der Waals surface area contributed by atoms with E-state index in [1.54, 1.807) is 23.1 Å². The van der Waals surface area contributed by atoms with Crippen LogP contribution in [0.2, 0.25) is 0 Å². The highest BCUT2D eigenvalue weighted by Crippen LogP contribution is 2.44. The average Bonchev–Trinajstić information content (AvgIpc) is 2.90. The van der Waals surface area contributed by atoms with Crippen LogP contribution in [0, 0.1) is 5.82 Å². The van der Waals surface area contributed by atoms with Gasteiger partial charge in [0.1, 0.15) is 11.2 Å². The normalized spacial score (nSPS) is 20.0. The van der Waals surface area contributed by atoms with E-state index in [4.69, 9.17) is 5.11 Å². The highest BCUT2D eigenvalue weighted by Gasteiger charge is 2.42. The molecule has 4 nitrogen and oxygen atoms in total. The van der Waals surface area contributed by atoms with Gasteiger partial charge in [-0.25, -0.2) is 4.39 Å². The van der Waals surface area contributed by atoms with Crippen LogP contribution in [0.3, 0.4) is 0 Å². The summed E-state index contributed by atoms with van der Waals surface area (Å²) in [6.45, 7) is 0.422. The fraction of sp³-hybridized carbons (Fsp3) is 0.263. The van der Waals surface area contributed by atoms with Crippen molar-refractivity contribution < 1.29 is 19.1 Å². The Labute approximate surface area is 149 Å². The molecule has 130 valence electrons. The van der Waals surface area contributed by atoms with Crippen LogP contribution in [-0.2, 0) is 16.0 Å². The monoisotopic (exact) mass is 359 g/mol. The van der Waals surface area contributed by atoms with Gasteiger partial charge in [0.15, 0.2) is 0 Å². The highest BCUT2D eigenvalue weighted by atomic mass is 32.2. The van der Waals surface area contributed by atoms with Crippen LogP contribution in [0.25, 0.3) is 0 Å². The third-order valence-corrected chi connectivity index (χ3v) is 5.61. The van der Waals surface area contributed by atoms with E-state index in [0.29, 0.717) is 18.5 Å². The third kappa shape index (κ3) is 4.02. The van der Waals surface area contributed by atoms with E-state index in [1.165, 1.54) is 17.8 Å². The molecule has 1 N–H and O–H groups in total. The van der Waals surface area contributed by atoms with E-state index in [9.17, 15) is 14.0 Å². The molecule has 0 spiro atoms. The first-order valence-corrected chi connectivity index (χ1v) is 8.96. The standard InChI is InChI=1S/C19H18FNO3S/c20-15-9-5-4-8-14(15)19-21(11-10-13-6-2-1-3-7-13)18(24)16(25-19)12-17(22)23/h1-9,16,19H,10-12H2,(H,22,23). The zero-order chi connectivity index (χ0) is 17.8. The molecule has 0 aromatic heterocycles. The second-order valence-electron chi connectivity index (χ2n) is 5.86. The minimum atomic E-state index is -1.02. The minimum absolute atomic E-state index is 0.239. The molecule has 2 aromatic rings. The van der Waals surface area contributed by atoms with Crippen molar-refractivity contribution in [2.24, 2.45) is 0 Å². The number of thioether (sulfide) groups is 1. The van der Waals surface area contributed by atoms with Crippen LogP contribution < -0.4 is 0 Å². The van der Waals surface area contributed by atoms with Gasteiger partial charge in [0.2, 0.25) is 5.91 Å². The van der Waals surface area contributed by atoms with Crippen LogP contribution in [-0.4, -0.2) is 33.7 Å². The number of carboxylic acid groups (broad SMARTS) is 1. The molecule has 6 heteroatoms. The number of hydrogen-bond acceptors (Lipinski definition) is 3. The predicted molar refractivity (Wildman–Crippen MR) is 94.6 cm³/mol. The fourth-order valence-electron chi connectivity index (χ4n) is 2.92. The van der Waals surface area contributed by atoms with Crippen LogP contribution in [0.1, 0.15) is 22.9 Å². The number of amides is 1. The van der Waals surface area contributed by atoms with E-state index in [1.807, 2.05) is 30.3 Å². The Morgan fingerprint density at radius 1 is 1.12 bits per heavy atom. The van der Waals surface area contributed by atoms with Crippen molar-refractivity contribution in [2.75, 3.05) is 6.54 Å². The van der Waals surface area contributed by atoms with Crippen LogP contribution in [0.15, 0.2) is 54.6 Å². The molecule has 3 rings (SSSR count). The van der Waals surface area contributed by atoms with E-state index >= 15 is 0 Å². The number of carboxylic acids is 1. The molecular weight excluding hydrogens is 341 g/mol. The first-order valence-electron chi connectivity index (χ1n) is 8.02. The summed E-state index contributed by atoms with van der Waals surface area (Å²) in [5.74, 6) is -1.65. The van der Waals surface area contributed by atoms with Gasteiger partial charge in [-0.05, 0) is 18.1 Å². The summed E-state index contributed by atoms with van der Waals surface area (Å²) in [5, 5.41) is 7.86. The van der Waals surface area contributed by atoms with Crippen LogP contribution in [0.5, 0.6) is 0 Å². The molecule has 1 amide bonds. The number of aliphatic carboxylic acids is 1. The number of hydrogen-bond donors (Lipinski definition) is 1. The number of nitrogens with zero attached hydrogens (tertiary/aromatic N) is 1. The van der Waals surface area contributed by atoms with Gasteiger partial charge in [0.25, 0.3) is 0 Å². The Bertz CT molecular complexity index is 768. The number of halogens is 1. The molecule has 0 bridgehead atoms. The molecule has 2 atom stereocenters. The Kier molecular flexibility index (Phi) is 5.38. The summed E-state index contributed by atoms with van der Waals surface area (Å²) >= 11 is 1.21. The zero-order valence-electron chi connectivity index (χ0n) is 13.5. The maximum Gasteiger partial charge on any atom is 0.305 e. The molecule has 0 radical (unpaired) electrons. The van der Waals surface area contributed by atoms with Gasteiger partial charge in [-0.1, -0.05) is 48.5 Å². The quantitative estimate of drug-likeness (QED) is 0.858. The molecule has 1 aliphatic heterocycles. The van der Waals surface area contributed by atoms with Crippen molar-refractivity contribution >= 4 is 23.6 Å². The molecule has 0 saturated carbocycles. The molecule has 0 aliphatic carbocycles. The smallest absolute Gasteiger partial charge is 0.305 e. The lowest BCUT2D eigenvalue weighted by Crippen LogP contribution is -2.33. The molecule has 25 heavy (non-hydrogen) atoms. The van der Waals surface area contributed by atoms with Gasteiger partial charge < -0.3 is 10.0 Å². The van der Waals surface area contributed by atoms with Crippen molar-refractivity contribution in [1.29, 1.82) is 0 Å². The summed E-state index contributed by atoms with van der Waals surface area (Å²) in [7, 11) is 0. The summed E-state index contributed by atoms with van der Waals surface area (Å²) in [5.41, 5.74) is 1.50. The Morgan fingerprint density at radius 3 is 2.48 bits per heavy atom. The number of carbonyl (C=O) groups is 2. The molecule has 1 fully saturated rings. The van der Waals surface area contributed by atoms with Crippen LogP contribution in [0.4, 0.5) is 4.39 Å².